The molecular weight excluding hydrogens is 230 g/mol. The van der Waals surface area contributed by atoms with Crippen molar-refractivity contribution >= 4 is 0 Å². The average Bonchev–Trinajstić information content (AvgIpc) is 2.26. The van der Waals surface area contributed by atoms with Crippen LogP contribution in [0.3, 0.4) is 0 Å². The minimum absolute atomic E-state index is 0.402. The van der Waals surface area contributed by atoms with Crippen molar-refractivity contribution in [3.8, 4) is 0 Å². The molecule has 0 heterocycles. The third-order valence-electron chi connectivity index (χ3n) is 2.40. The number of rotatable bonds is 12. The van der Waals surface area contributed by atoms with Gasteiger partial charge in [0, 0.05) is 26.3 Å². The molecule has 0 saturated carbocycles. The zero-order valence-electron chi connectivity index (χ0n) is 12.4. The Labute approximate surface area is 112 Å². The van der Waals surface area contributed by atoms with E-state index in [2.05, 4.69) is 33.0 Å². The fourth-order valence-corrected chi connectivity index (χ4v) is 1.33. The van der Waals surface area contributed by atoms with Crippen LogP contribution in [-0.4, -0.2) is 50.7 Å². The first kappa shape index (κ1) is 17.8. The second-order valence-corrected chi connectivity index (χ2v) is 5.58. The summed E-state index contributed by atoms with van der Waals surface area (Å²) < 4.78 is 10.8. The zero-order chi connectivity index (χ0) is 13.8. The molecule has 4 heteroatoms. The maximum Gasteiger partial charge on any atom is 0.0897 e. The normalized spacial score (nSPS) is 13.5. The predicted octanol–water partition coefficient (Wildman–Crippen LogP) is 1.67. The highest BCUT2D eigenvalue weighted by Gasteiger charge is 2.04. The molecule has 0 radical (unpaired) electrons. The fourth-order valence-electron chi connectivity index (χ4n) is 1.33. The van der Waals surface area contributed by atoms with E-state index in [-0.39, 0.29) is 0 Å². The van der Waals surface area contributed by atoms with Gasteiger partial charge in [0.1, 0.15) is 0 Å². The highest BCUT2D eigenvalue weighted by Crippen LogP contribution is 1.98. The molecule has 0 aliphatic rings. The monoisotopic (exact) mass is 261 g/mol. The summed E-state index contributed by atoms with van der Waals surface area (Å²) in [5, 5.41) is 12.8. The first-order valence-electron chi connectivity index (χ1n) is 7.06. The molecule has 18 heavy (non-hydrogen) atoms. The smallest absolute Gasteiger partial charge is 0.0897 e. The Hall–Kier alpha value is -0.160. The summed E-state index contributed by atoms with van der Waals surface area (Å²) in [6, 6.07) is 0. The third kappa shape index (κ3) is 13.9. The maximum atomic E-state index is 9.61. The van der Waals surface area contributed by atoms with Crippen LogP contribution < -0.4 is 5.32 Å². The topological polar surface area (TPSA) is 50.7 Å². The van der Waals surface area contributed by atoms with E-state index < -0.39 is 6.10 Å². The van der Waals surface area contributed by atoms with Gasteiger partial charge in [0.2, 0.25) is 0 Å². The second kappa shape index (κ2) is 11.9. The molecule has 0 aromatic heterocycles. The Morgan fingerprint density at radius 2 is 1.67 bits per heavy atom. The van der Waals surface area contributed by atoms with Gasteiger partial charge >= 0.3 is 0 Å². The summed E-state index contributed by atoms with van der Waals surface area (Å²) in [5.41, 5.74) is 0. The van der Waals surface area contributed by atoms with Crippen LogP contribution in [-0.2, 0) is 9.47 Å². The lowest BCUT2D eigenvalue weighted by atomic mass is 10.1. The molecule has 110 valence electrons. The van der Waals surface area contributed by atoms with Crippen molar-refractivity contribution < 1.29 is 14.6 Å². The zero-order valence-corrected chi connectivity index (χ0v) is 12.4. The van der Waals surface area contributed by atoms with Gasteiger partial charge in [-0.25, -0.2) is 0 Å². The highest BCUT2D eigenvalue weighted by molar-refractivity contribution is 4.58. The van der Waals surface area contributed by atoms with Crippen LogP contribution in [0, 0.1) is 11.8 Å². The molecule has 0 aromatic carbocycles. The molecule has 1 unspecified atom stereocenters. The van der Waals surface area contributed by atoms with E-state index in [1.54, 1.807) is 0 Å². The van der Waals surface area contributed by atoms with E-state index in [0.29, 0.717) is 38.2 Å². The van der Waals surface area contributed by atoms with E-state index in [1.807, 2.05) is 0 Å². The van der Waals surface area contributed by atoms with E-state index >= 15 is 0 Å². The molecule has 1 atom stereocenters. The number of hydrogen-bond donors (Lipinski definition) is 2. The first-order chi connectivity index (χ1) is 8.52. The molecule has 0 aliphatic heterocycles. The Balaban J connectivity index is 3.17. The second-order valence-electron chi connectivity index (χ2n) is 5.58. The lowest BCUT2D eigenvalue weighted by Gasteiger charge is -2.13. The van der Waals surface area contributed by atoms with Crippen molar-refractivity contribution in [1.82, 2.24) is 5.32 Å². The van der Waals surface area contributed by atoms with Gasteiger partial charge in [0.05, 0.1) is 19.3 Å². The Morgan fingerprint density at radius 3 is 2.28 bits per heavy atom. The molecule has 0 amide bonds. The lowest BCUT2D eigenvalue weighted by molar-refractivity contribution is 0.0251. The summed E-state index contributed by atoms with van der Waals surface area (Å²) in [6.45, 7) is 12.5. The van der Waals surface area contributed by atoms with Gasteiger partial charge in [-0.2, -0.15) is 0 Å². The maximum absolute atomic E-state index is 9.61. The van der Waals surface area contributed by atoms with E-state index in [9.17, 15) is 5.11 Å². The Morgan fingerprint density at radius 1 is 0.944 bits per heavy atom. The van der Waals surface area contributed by atoms with Crippen LogP contribution in [0.1, 0.15) is 34.1 Å². The SMILES string of the molecule is CC(C)CCOCCNCC(O)COCC(C)C. The summed E-state index contributed by atoms with van der Waals surface area (Å²) in [6.07, 6.45) is 0.672. The van der Waals surface area contributed by atoms with Crippen LogP contribution in [0.4, 0.5) is 0 Å². The molecule has 0 aliphatic carbocycles. The van der Waals surface area contributed by atoms with Crippen LogP contribution in [0.25, 0.3) is 0 Å². The van der Waals surface area contributed by atoms with Gasteiger partial charge in [0.15, 0.2) is 0 Å². The molecule has 0 rings (SSSR count). The summed E-state index contributed by atoms with van der Waals surface area (Å²) >= 11 is 0. The lowest BCUT2D eigenvalue weighted by Crippen LogP contribution is -2.32. The average molecular weight is 261 g/mol. The molecule has 0 aromatic rings. The number of nitrogens with one attached hydrogen (secondary N) is 1. The van der Waals surface area contributed by atoms with Gasteiger partial charge in [0.25, 0.3) is 0 Å². The van der Waals surface area contributed by atoms with Crippen LogP contribution in [0.15, 0.2) is 0 Å². The summed E-state index contributed by atoms with van der Waals surface area (Å²) in [5.74, 6) is 1.21. The van der Waals surface area contributed by atoms with E-state index in [1.165, 1.54) is 0 Å². The minimum Gasteiger partial charge on any atom is -0.389 e. The van der Waals surface area contributed by atoms with Gasteiger partial charge in [-0.3, -0.25) is 0 Å². The van der Waals surface area contributed by atoms with Crippen molar-refractivity contribution in [2.75, 3.05) is 39.5 Å². The fraction of sp³-hybridized carbons (Fsp3) is 1.00. The standard InChI is InChI=1S/C14H31NO3/c1-12(2)5-7-17-8-6-15-9-14(16)11-18-10-13(3)4/h12-16H,5-11H2,1-4H3. The molecule has 0 saturated heterocycles. The Bertz CT molecular complexity index is 174. The quantitative estimate of drug-likeness (QED) is 0.525. The van der Waals surface area contributed by atoms with Crippen molar-refractivity contribution in [2.24, 2.45) is 11.8 Å². The largest absolute Gasteiger partial charge is 0.389 e. The molecule has 0 spiro atoms. The van der Waals surface area contributed by atoms with E-state index in [4.69, 9.17) is 9.47 Å². The van der Waals surface area contributed by atoms with Gasteiger partial charge in [-0.1, -0.05) is 27.7 Å². The van der Waals surface area contributed by atoms with Crippen LogP contribution >= 0.6 is 0 Å². The van der Waals surface area contributed by atoms with E-state index in [0.717, 1.165) is 19.6 Å². The predicted molar refractivity (Wildman–Crippen MR) is 74.8 cm³/mol. The molecule has 2 N–H and O–H groups in total. The van der Waals surface area contributed by atoms with Gasteiger partial charge in [-0.15, -0.1) is 0 Å². The van der Waals surface area contributed by atoms with Gasteiger partial charge in [-0.05, 0) is 18.3 Å². The molecule has 4 nitrogen and oxygen atoms in total. The van der Waals surface area contributed by atoms with Crippen molar-refractivity contribution in [1.29, 1.82) is 0 Å². The summed E-state index contributed by atoms with van der Waals surface area (Å²) in [4.78, 5) is 0. The number of aliphatic hydroxyl groups is 1. The number of hydrogen-bond acceptors (Lipinski definition) is 4. The molecule has 0 bridgehead atoms. The molecule has 0 fully saturated rings. The Kier molecular flexibility index (Phi) is 11.8. The number of ether oxygens (including phenoxy) is 2. The third-order valence-corrected chi connectivity index (χ3v) is 2.40. The van der Waals surface area contributed by atoms with Crippen molar-refractivity contribution in [2.45, 2.75) is 40.2 Å². The number of aliphatic hydroxyl groups excluding tert-OH is 1. The van der Waals surface area contributed by atoms with Gasteiger partial charge < -0.3 is 19.9 Å². The molecular formula is C14H31NO3. The van der Waals surface area contributed by atoms with Crippen molar-refractivity contribution in [3.05, 3.63) is 0 Å². The van der Waals surface area contributed by atoms with Crippen LogP contribution in [0.5, 0.6) is 0 Å². The summed E-state index contributed by atoms with van der Waals surface area (Å²) in [7, 11) is 0. The highest BCUT2D eigenvalue weighted by atomic mass is 16.5. The van der Waals surface area contributed by atoms with Crippen molar-refractivity contribution in [3.63, 3.8) is 0 Å². The first-order valence-corrected chi connectivity index (χ1v) is 7.06. The van der Waals surface area contributed by atoms with Crippen LogP contribution in [0.2, 0.25) is 0 Å². The minimum atomic E-state index is -0.431.